The molecule has 0 bridgehead atoms. The Bertz CT molecular complexity index is 248. The highest BCUT2D eigenvalue weighted by Crippen LogP contribution is 2.15. The van der Waals surface area contributed by atoms with E-state index in [4.69, 9.17) is 9.47 Å². The second-order valence-electron chi connectivity index (χ2n) is 5.68. The van der Waals surface area contributed by atoms with E-state index in [0.29, 0.717) is 25.0 Å². The van der Waals surface area contributed by atoms with Gasteiger partial charge in [0.25, 0.3) is 0 Å². The van der Waals surface area contributed by atoms with Crippen LogP contribution in [0.3, 0.4) is 0 Å². The van der Waals surface area contributed by atoms with Crippen molar-refractivity contribution in [1.82, 2.24) is 4.90 Å². The second-order valence-corrected chi connectivity index (χ2v) is 5.68. The van der Waals surface area contributed by atoms with Gasteiger partial charge in [0, 0.05) is 26.1 Å². The zero-order chi connectivity index (χ0) is 14.1. The standard InChI is InChI=1S/C15H29NO3/c1-4-18-15(17)6-5-9-16-10-7-14(8-11-16)19-12-13(2)3/h13-14H,4-12H2,1-3H3. The van der Waals surface area contributed by atoms with Crippen molar-refractivity contribution in [2.45, 2.75) is 52.6 Å². The van der Waals surface area contributed by atoms with Crippen molar-refractivity contribution in [3.05, 3.63) is 0 Å². The SMILES string of the molecule is CCOC(=O)CCCN1CCC(OCC(C)C)CC1. The Morgan fingerprint density at radius 2 is 2.00 bits per heavy atom. The molecule has 0 aromatic rings. The first-order chi connectivity index (χ1) is 9.11. The first-order valence-corrected chi connectivity index (χ1v) is 7.61. The summed E-state index contributed by atoms with van der Waals surface area (Å²) in [6.07, 6.45) is 4.11. The number of carbonyl (C=O) groups excluding carboxylic acids is 1. The molecule has 0 saturated carbocycles. The van der Waals surface area contributed by atoms with Crippen LogP contribution in [0.1, 0.15) is 46.5 Å². The van der Waals surface area contributed by atoms with Gasteiger partial charge in [0.2, 0.25) is 0 Å². The minimum absolute atomic E-state index is 0.0716. The number of piperidine rings is 1. The lowest BCUT2D eigenvalue weighted by Crippen LogP contribution is -2.38. The van der Waals surface area contributed by atoms with Gasteiger partial charge in [-0.05, 0) is 38.6 Å². The molecule has 0 aromatic carbocycles. The predicted octanol–water partition coefficient (Wildman–Crippen LogP) is 2.47. The van der Waals surface area contributed by atoms with Crippen molar-refractivity contribution < 1.29 is 14.3 Å². The van der Waals surface area contributed by atoms with Gasteiger partial charge < -0.3 is 14.4 Å². The van der Waals surface area contributed by atoms with Gasteiger partial charge in [0.05, 0.1) is 12.7 Å². The normalized spacial score (nSPS) is 17.9. The van der Waals surface area contributed by atoms with Gasteiger partial charge in [-0.1, -0.05) is 13.8 Å². The Kier molecular flexibility index (Phi) is 8.07. The molecule has 112 valence electrons. The van der Waals surface area contributed by atoms with Crippen molar-refractivity contribution in [2.24, 2.45) is 5.92 Å². The van der Waals surface area contributed by atoms with Gasteiger partial charge >= 0.3 is 5.97 Å². The average Bonchev–Trinajstić information content (AvgIpc) is 2.38. The molecule has 1 aliphatic heterocycles. The van der Waals surface area contributed by atoms with Gasteiger partial charge in [0.1, 0.15) is 0 Å². The largest absolute Gasteiger partial charge is 0.466 e. The third kappa shape index (κ3) is 7.53. The molecule has 0 aromatic heterocycles. The molecule has 4 heteroatoms. The molecule has 19 heavy (non-hydrogen) atoms. The number of carbonyl (C=O) groups is 1. The fourth-order valence-corrected chi connectivity index (χ4v) is 2.31. The van der Waals surface area contributed by atoms with Gasteiger partial charge in [-0.25, -0.2) is 0 Å². The average molecular weight is 271 g/mol. The maximum Gasteiger partial charge on any atom is 0.305 e. The van der Waals surface area contributed by atoms with Gasteiger partial charge in [-0.3, -0.25) is 4.79 Å². The summed E-state index contributed by atoms with van der Waals surface area (Å²) in [7, 11) is 0. The Morgan fingerprint density at radius 3 is 2.58 bits per heavy atom. The van der Waals surface area contributed by atoms with Crippen molar-refractivity contribution in [1.29, 1.82) is 0 Å². The zero-order valence-corrected chi connectivity index (χ0v) is 12.7. The molecular weight excluding hydrogens is 242 g/mol. The summed E-state index contributed by atoms with van der Waals surface area (Å²) in [6.45, 7) is 10.7. The van der Waals surface area contributed by atoms with Gasteiger partial charge in [0.15, 0.2) is 0 Å². The molecule has 0 spiro atoms. The summed E-state index contributed by atoms with van der Waals surface area (Å²) in [5, 5.41) is 0. The number of esters is 1. The highest BCUT2D eigenvalue weighted by molar-refractivity contribution is 5.69. The number of hydrogen-bond donors (Lipinski definition) is 0. The Labute approximate surface area is 117 Å². The fraction of sp³-hybridized carbons (Fsp3) is 0.933. The van der Waals surface area contributed by atoms with E-state index in [0.717, 1.165) is 45.5 Å². The minimum atomic E-state index is -0.0716. The summed E-state index contributed by atoms with van der Waals surface area (Å²) in [5.74, 6) is 0.542. The third-order valence-corrected chi connectivity index (χ3v) is 3.36. The van der Waals surface area contributed by atoms with E-state index < -0.39 is 0 Å². The second kappa shape index (κ2) is 9.32. The highest BCUT2D eigenvalue weighted by atomic mass is 16.5. The van der Waals surface area contributed by atoms with Crippen LogP contribution < -0.4 is 0 Å². The molecule has 0 amide bonds. The van der Waals surface area contributed by atoms with Crippen molar-refractivity contribution in [2.75, 3.05) is 32.8 Å². The van der Waals surface area contributed by atoms with Crippen LogP contribution in [0.15, 0.2) is 0 Å². The van der Waals surface area contributed by atoms with E-state index in [9.17, 15) is 4.79 Å². The molecule has 1 saturated heterocycles. The summed E-state index contributed by atoms with van der Waals surface area (Å²) in [5.41, 5.74) is 0. The van der Waals surface area contributed by atoms with E-state index in [1.54, 1.807) is 0 Å². The number of likely N-dealkylation sites (tertiary alicyclic amines) is 1. The molecule has 1 rings (SSSR count). The Hall–Kier alpha value is -0.610. The van der Waals surface area contributed by atoms with Crippen LogP contribution in [-0.2, 0) is 14.3 Å². The quantitative estimate of drug-likeness (QED) is 0.636. The summed E-state index contributed by atoms with van der Waals surface area (Å²) < 4.78 is 10.8. The topological polar surface area (TPSA) is 38.8 Å². The van der Waals surface area contributed by atoms with Crippen molar-refractivity contribution >= 4 is 5.97 Å². The highest BCUT2D eigenvalue weighted by Gasteiger charge is 2.19. The third-order valence-electron chi connectivity index (χ3n) is 3.36. The molecule has 0 radical (unpaired) electrons. The number of ether oxygens (including phenoxy) is 2. The van der Waals surface area contributed by atoms with Crippen LogP contribution in [-0.4, -0.2) is 49.8 Å². The van der Waals surface area contributed by atoms with Crippen molar-refractivity contribution in [3.8, 4) is 0 Å². The molecule has 0 unspecified atom stereocenters. The monoisotopic (exact) mass is 271 g/mol. The van der Waals surface area contributed by atoms with E-state index in [2.05, 4.69) is 18.7 Å². The summed E-state index contributed by atoms with van der Waals surface area (Å²) in [6, 6.07) is 0. The Morgan fingerprint density at radius 1 is 1.32 bits per heavy atom. The van der Waals surface area contributed by atoms with Gasteiger partial charge in [-0.2, -0.15) is 0 Å². The summed E-state index contributed by atoms with van der Waals surface area (Å²) >= 11 is 0. The minimum Gasteiger partial charge on any atom is -0.466 e. The predicted molar refractivity (Wildman–Crippen MR) is 76.1 cm³/mol. The fourth-order valence-electron chi connectivity index (χ4n) is 2.31. The number of hydrogen-bond acceptors (Lipinski definition) is 4. The van der Waals surface area contributed by atoms with E-state index in [1.807, 2.05) is 6.92 Å². The maximum atomic E-state index is 11.2. The van der Waals surface area contributed by atoms with E-state index in [1.165, 1.54) is 0 Å². The van der Waals surface area contributed by atoms with Crippen LogP contribution in [0.25, 0.3) is 0 Å². The van der Waals surface area contributed by atoms with E-state index in [-0.39, 0.29) is 5.97 Å². The first kappa shape index (κ1) is 16.4. The zero-order valence-electron chi connectivity index (χ0n) is 12.7. The van der Waals surface area contributed by atoms with Crippen LogP contribution in [0.2, 0.25) is 0 Å². The van der Waals surface area contributed by atoms with E-state index >= 15 is 0 Å². The lowest BCUT2D eigenvalue weighted by atomic mass is 10.1. The Balaban J connectivity index is 2.05. The molecule has 0 aliphatic carbocycles. The van der Waals surface area contributed by atoms with Crippen LogP contribution >= 0.6 is 0 Å². The van der Waals surface area contributed by atoms with Gasteiger partial charge in [-0.15, -0.1) is 0 Å². The lowest BCUT2D eigenvalue weighted by Gasteiger charge is -2.32. The number of rotatable bonds is 8. The molecule has 1 fully saturated rings. The molecule has 1 aliphatic rings. The molecular formula is C15H29NO3. The molecule has 1 heterocycles. The molecule has 0 N–H and O–H groups in total. The first-order valence-electron chi connectivity index (χ1n) is 7.61. The van der Waals surface area contributed by atoms with Crippen LogP contribution in [0.4, 0.5) is 0 Å². The molecule has 4 nitrogen and oxygen atoms in total. The van der Waals surface area contributed by atoms with Crippen LogP contribution in [0.5, 0.6) is 0 Å². The maximum absolute atomic E-state index is 11.2. The lowest BCUT2D eigenvalue weighted by molar-refractivity contribution is -0.143. The summed E-state index contributed by atoms with van der Waals surface area (Å²) in [4.78, 5) is 13.7. The smallest absolute Gasteiger partial charge is 0.305 e. The van der Waals surface area contributed by atoms with Crippen LogP contribution in [0, 0.1) is 5.92 Å². The molecule has 0 atom stereocenters. The van der Waals surface area contributed by atoms with Crippen molar-refractivity contribution in [3.63, 3.8) is 0 Å². The number of nitrogens with zero attached hydrogens (tertiary/aromatic N) is 1.